The first-order valence-electron chi connectivity index (χ1n) is 13.1. The molecule has 1 heterocycles. The highest BCUT2D eigenvalue weighted by Gasteiger charge is 2.17. The van der Waals surface area contributed by atoms with E-state index >= 15 is 0 Å². The number of rotatable bonds is 8. The van der Waals surface area contributed by atoms with Crippen LogP contribution in [0.1, 0.15) is 16.7 Å². The molecule has 0 atom stereocenters. The summed E-state index contributed by atoms with van der Waals surface area (Å²) in [6.07, 6.45) is 3.71. The van der Waals surface area contributed by atoms with Crippen LogP contribution in [-0.2, 0) is 13.1 Å². The maximum absolute atomic E-state index is 8.14. The van der Waals surface area contributed by atoms with E-state index in [9.17, 15) is 0 Å². The van der Waals surface area contributed by atoms with Crippen molar-refractivity contribution in [1.82, 2.24) is 9.80 Å². The number of piperazine rings is 1. The van der Waals surface area contributed by atoms with Gasteiger partial charge in [-0.2, -0.15) is 0 Å². The van der Waals surface area contributed by atoms with Crippen LogP contribution in [0.3, 0.4) is 0 Å². The molecule has 1 aliphatic rings. The van der Waals surface area contributed by atoms with Crippen molar-refractivity contribution < 1.29 is 0 Å². The Morgan fingerprint density at radius 3 is 1.79 bits per heavy atom. The van der Waals surface area contributed by atoms with Crippen LogP contribution in [0.5, 0.6) is 0 Å². The average Bonchev–Trinajstić information content (AvgIpc) is 2.96. The second-order valence-electron chi connectivity index (χ2n) is 9.74. The Hall–Kier alpha value is -3.70. The predicted molar refractivity (Wildman–Crippen MR) is 161 cm³/mol. The van der Waals surface area contributed by atoms with Gasteiger partial charge in [0.15, 0.2) is 0 Å². The number of nitrogens with zero attached hydrogens (tertiary/aromatic N) is 2. The van der Waals surface area contributed by atoms with Crippen molar-refractivity contribution in [3.63, 3.8) is 0 Å². The Labute approximate surface area is 230 Å². The SMILES string of the molecule is N=C(/C=C/c1ccc(-c2ccc(CN3CCN(Cc4ccccc4)CC3)cc2)cc1)Nc1ccc(Cl)cc1. The number of hydrogen-bond acceptors (Lipinski definition) is 3. The van der Waals surface area contributed by atoms with E-state index in [1.54, 1.807) is 18.2 Å². The molecule has 38 heavy (non-hydrogen) atoms. The highest BCUT2D eigenvalue weighted by atomic mass is 35.5. The molecule has 0 radical (unpaired) electrons. The molecule has 0 aromatic heterocycles. The van der Waals surface area contributed by atoms with Gasteiger partial charge in [-0.25, -0.2) is 0 Å². The van der Waals surface area contributed by atoms with Gasteiger partial charge in [0.2, 0.25) is 0 Å². The second-order valence-corrected chi connectivity index (χ2v) is 10.2. The molecule has 1 fully saturated rings. The van der Waals surface area contributed by atoms with E-state index in [-0.39, 0.29) is 0 Å². The quantitative estimate of drug-likeness (QED) is 0.187. The van der Waals surface area contributed by atoms with Crippen LogP contribution in [0, 0.1) is 5.41 Å². The van der Waals surface area contributed by atoms with Crippen LogP contribution in [-0.4, -0.2) is 41.8 Å². The molecule has 0 amide bonds. The molecular formula is C33H33ClN4. The van der Waals surface area contributed by atoms with E-state index in [1.807, 2.05) is 18.2 Å². The summed E-state index contributed by atoms with van der Waals surface area (Å²) in [5, 5.41) is 11.9. The first kappa shape index (κ1) is 25.9. The lowest BCUT2D eigenvalue weighted by molar-refractivity contribution is 0.122. The maximum atomic E-state index is 8.14. The molecule has 0 bridgehead atoms. The third-order valence-corrected chi connectivity index (χ3v) is 7.14. The Kier molecular flexibility index (Phi) is 8.67. The van der Waals surface area contributed by atoms with Gasteiger partial charge in [0.1, 0.15) is 5.84 Å². The third kappa shape index (κ3) is 7.42. The van der Waals surface area contributed by atoms with Gasteiger partial charge in [0.25, 0.3) is 0 Å². The highest BCUT2D eigenvalue weighted by Crippen LogP contribution is 2.22. The van der Waals surface area contributed by atoms with Gasteiger partial charge in [0, 0.05) is 50.0 Å². The van der Waals surface area contributed by atoms with E-state index < -0.39 is 0 Å². The first-order chi connectivity index (χ1) is 18.6. The van der Waals surface area contributed by atoms with E-state index in [4.69, 9.17) is 17.0 Å². The molecule has 192 valence electrons. The van der Waals surface area contributed by atoms with Crippen LogP contribution < -0.4 is 5.32 Å². The highest BCUT2D eigenvalue weighted by molar-refractivity contribution is 6.30. The van der Waals surface area contributed by atoms with Crippen molar-refractivity contribution in [1.29, 1.82) is 5.41 Å². The Balaban J connectivity index is 1.09. The van der Waals surface area contributed by atoms with Crippen molar-refractivity contribution in [2.75, 3.05) is 31.5 Å². The molecule has 5 heteroatoms. The molecule has 4 aromatic rings. The van der Waals surface area contributed by atoms with E-state index in [2.05, 4.69) is 94.0 Å². The fraction of sp³-hybridized carbons (Fsp3) is 0.182. The number of nitrogens with one attached hydrogen (secondary N) is 2. The van der Waals surface area contributed by atoms with E-state index in [1.165, 1.54) is 22.3 Å². The molecule has 1 saturated heterocycles. The predicted octanol–water partition coefficient (Wildman–Crippen LogP) is 7.43. The van der Waals surface area contributed by atoms with Gasteiger partial charge >= 0.3 is 0 Å². The van der Waals surface area contributed by atoms with Crippen molar-refractivity contribution in [3.05, 3.63) is 131 Å². The standard InChI is InChI=1S/C33H33ClN4/c34-31-15-17-32(18-16-31)36-33(35)19-10-26-6-11-29(12-7-26)30-13-8-28(9-14-30)25-38-22-20-37(21-23-38)24-27-4-2-1-3-5-27/h1-19H,20-25H2,(H2,35,36)/b19-10+. The Bertz CT molecular complexity index is 1340. The first-order valence-corrected chi connectivity index (χ1v) is 13.5. The fourth-order valence-electron chi connectivity index (χ4n) is 4.70. The zero-order valence-corrected chi connectivity index (χ0v) is 22.2. The van der Waals surface area contributed by atoms with Crippen LogP contribution in [0.25, 0.3) is 17.2 Å². The Morgan fingerprint density at radius 2 is 1.21 bits per heavy atom. The Morgan fingerprint density at radius 1 is 0.684 bits per heavy atom. The summed E-state index contributed by atoms with van der Waals surface area (Å²) in [7, 11) is 0. The maximum Gasteiger partial charge on any atom is 0.122 e. The van der Waals surface area contributed by atoms with Gasteiger partial charge in [-0.05, 0) is 58.2 Å². The largest absolute Gasteiger partial charge is 0.341 e. The second kappa shape index (κ2) is 12.7. The average molecular weight is 521 g/mol. The topological polar surface area (TPSA) is 42.4 Å². The smallest absolute Gasteiger partial charge is 0.122 e. The third-order valence-electron chi connectivity index (χ3n) is 6.88. The lowest BCUT2D eigenvalue weighted by Crippen LogP contribution is -2.45. The molecule has 0 aliphatic carbocycles. The molecule has 5 rings (SSSR count). The summed E-state index contributed by atoms with van der Waals surface area (Å²) in [5.41, 5.74) is 7.06. The lowest BCUT2D eigenvalue weighted by Gasteiger charge is -2.34. The summed E-state index contributed by atoms with van der Waals surface area (Å²) in [6, 6.07) is 35.5. The fourth-order valence-corrected chi connectivity index (χ4v) is 4.83. The summed E-state index contributed by atoms with van der Waals surface area (Å²) in [5.74, 6) is 0.324. The van der Waals surface area contributed by atoms with E-state index in [0.717, 1.165) is 50.5 Å². The van der Waals surface area contributed by atoms with Crippen LogP contribution in [0.2, 0.25) is 5.02 Å². The number of hydrogen-bond donors (Lipinski definition) is 2. The monoisotopic (exact) mass is 520 g/mol. The summed E-state index contributed by atoms with van der Waals surface area (Å²) in [4.78, 5) is 5.10. The van der Waals surface area contributed by atoms with Crippen molar-refractivity contribution in [3.8, 4) is 11.1 Å². The van der Waals surface area contributed by atoms with Crippen molar-refractivity contribution >= 4 is 29.2 Å². The minimum absolute atomic E-state index is 0.324. The number of anilines is 1. The zero-order valence-electron chi connectivity index (χ0n) is 21.5. The van der Waals surface area contributed by atoms with Crippen LogP contribution >= 0.6 is 11.6 Å². The number of halogens is 1. The van der Waals surface area contributed by atoms with Gasteiger partial charge in [-0.3, -0.25) is 15.2 Å². The minimum atomic E-state index is 0.324. The van der Waals surface area contributed by atoms with Gasteiger partial charge in [-0.1, -0.05) is 96.5 Å². The summed E-state index contributed by atoms with van der Waals surface area (Å²) < 4.78 is 0. The number of amidine groups is 1. The van der Waals surface area contributed by atoms with E-state index in [0.29, 0.717) is 10.9 Å². The zero-order chi connectivity index (χ0) is 26.2. The van der Waals surface area contributed by atoms with Crippen LogP contribution in [0.15, 0.2) is 109 Å². The summed E-state index contributed by atoms with van der Waals surface area (Å²) in [6.45, 7) is 6.49. The molecule has 0 spiro atoms. The molecule has 4 aromatic carbocycles. The van der Waals surface area contributed by atoms with Crippen molar-refractivity contribution in [2.24, 2.45) is 0 Å². The summed E-state index contributed by atoms with van der Waals surface area (Å²) >= 11 is 5.92. The van der Waals surface area contributed by atoms with Crippen LogP contribution in [0.4, 0.5) is 5.69 Å². The lowest BCUT2D eigenvalue weighted by atomic mass is 10.0. The number of benzene rings is 4. The normalized spacial score (nSPS) is 14.6. The van der Waals surface area contributed by atoms with Gasteiger partial charge < -0.3 is 5.32 Å². The van der Waals surface area contributed by atoms with Crippen molar-refractivity contribution in [2.45, 2.75) is 13.1 Å². The molecular weight excluding hydrogens is 488 g/mol. The molecule has 4 nitrogen and oxygen atoms in total. The molecule has 2 N–H and O–H groups in total. The van der Waals surface area contributed by atoms with Gasteiger partial charge in [-0.15, -0.1) is 0 Å². The van der Waals surface area contributed by atoms with Gasteiger partial charge in [0.05, 0.1) is 0 Å². The molecule has 0 saturated carbocycles. The molecule has 1 aliphatic heterocycles. The molecule has 0 unspecified atom stereocenters. The minimum Gasteiger partial charge on any atom is -0.341 e.